The molecule has 3 nitrogen and oxygen atoms in total. The van der Waals surface area contributed by atoms with E-state index >= 15 is 0 Å². The highest BCUT2D eigenvalue weighted by Crippen LogP contribution is 2.49. The van der Waals surface area contributed by atoms with Gasteiger partial charge in [-0.3, -0.25) is 0 Å². The van der Waals surface area contributed by atoms with Gasteiger partial charge in [0.1, 0.15) is 33.5 Å². The molecule has 3 aromatic heterocycles. The lowest BCUT2D eigenvalue weighted by molar-refractivity contribution is 0.663. The van der Waals surface area contributed by atoms with Crippen LogP contribution in [0.25, 0.3) is 121 Å². The van der Waals surface area contributed by atoms with Crippen molar-refractivity contribution >= 4 is 87.4 Å². The molecule has 0 saturated carbocycles. The maximum atomic E-state index is 6.79. The van der Waals surface area contributed by atoms with Crippen molar-refractivity contribution in [2.24, 2.45) is 0 Å². The quantitative estimate of drug-likeness (QED) is 0.175. The Balaban J connectivity index is 1.11. The van der Waals surface area contributed by atoms with E-state index in [0.717, 1.165) is 82.5 Å². The molecule has 0 atom stereocenters. The van der Waals surface area contributed by atoms with E-state index < -0.39 is 0 Å². The largest absolute Gasteiger partial charge is 0.456 e. The van der Waals surface area contributed by atoms with Gasteiger partial charge >= 0.3 is 0 Å². The number of benzene rings is 9. The lowest BCUT2D eigenvalue weighted by Crippen LogP contribution is -1.91. The molecular weight excluding hydrogens is 649 g/mol. The Morgan fingerprint density at radius 1 is 0.264 bits per heavy atom. The molecule has 0 radical (unpaired) electrons. The van der Waals surface area contributed by atoms with Crippen LogP contribution in [0.2, 0.25) is 0 Å². The van der Waals surface area contributed by atoms with Gasteiger partial charge in [0.25, 0.3) is 0 Å². The molecule has 0 aliphatic heterocycles. The zero-order valence-corrected chi connectivity index (χ0v) is 28.4. The summed E-state index contributed by atoms with van der Waals surface area (Å²) >= 11 is 0. The van der Waals surface area contributed by atoms with Crippen molar-refractivity contribution in [2.45, 2.75) is 0 Å². The second-order valence-corrected chi connectivity index (χ2v) is 13.9. The normalized spacial score (nSPS) is 12.2. The van der Waals surface area contributed by atoms with Crippen molar-refractivity contribution in [3.63, 3.8) is 0 Å². The fourth-order valence-corrected chi connectivity index (χ4v) is 8.72. The molecule has 0 aliphatic carbocycles. The van der Waals surface area contributed by atoms with E-state index in [1.54, 1.807) is 0 Å². The SMILES string of the molecule is c1ccc2c(c1)oc1ccc(-c3ccc(-c4c5ccccc5c(-c5cc6c7ccccc7oc6c6c5oc5ccccc56)c5ccccc45)cc3)cc12. The molecule has 9 aromatic carbocycles. The highest BCUT2D eigenvalue weighted by molar-refractivity contribution is 6.29. The van der Waals surface area contributed by atoms with Crippen LogP contribution >= 0.6 is 0 Å². The summed E-state index contributed by atoms with van der Waals surface area (Å²) in [5.41, 5.74) is 12.2. The van der Waals surface area contributed by atoms with E-state index in [9.17, 15) is 0 Å². The van der Waals surface area contributed by atoms with Crippen LogP contribution in [0.4, 0.5) is 0 Å². The Morgan fingerprint density at radius 2 is 0.717 bits per heavy atom. The van der Waals surface area contributed by atoms with Crippen LogP contribution in [0, 0.1) is 0 Å². The molecule has 0 aliphatic rings. The summed E-state index contributed by atoms with van der Waals surface area (Å²) < 4.78 is 19.5. The van der Waals surface area contributed by atoms with Crippen molar-refractivity contribution in [1.82, 2.24) is 0 Å². The molecule has 0 unspecified atom stereocenters. The van der Waals surface area contributed by atoms with E-state index in [4.69, 9.17) is 13.3 Å². The first-order valence-corrected chi connectivity index (χ1v) is 18.0. The monoisotopic (exact) mass is 676 g/mol. The first kappa shape index (κ1) is 28.6. The van der Waals surface area contributed by atoms with Gasteiger partial charge in [-0.15, -0.1) is 0 Å². The Morgan fingerprint density at radius 3 is 1.38 bits per heavy atom. The van der Waals surface area contributed by atoms with Gasteiger partial charge in [0, 0.05) is 38.1 Å². The number of furan rings is 3. The summed E-state index contributed by atoms with van der Waals surface area (Å²) in [6.07, 6.45) is 0. The third kappa shape index (κ3) is 4.05. The molecule has 3 heteroatoms. The van der Waals surface area contributed by atoms with Crippen LogP contribution < -0.4 is 0 Å². The Labute approximate surface area is 302 Å². The second-order valence-electron chi connectivity index (χ2n) is 13.9. The van der Waals surface area contributed by atoms with Gasteiger partial charge < -0.3 is 13.3 Å². The predicted molar refractivity (Wildman–Crippen MR) is 220 cm³/mol. The minimum Gasteiger partial charge on any atom is -0.456 e. The maximum absolute atomic E-state index is 6.79. The minimum atomic E-state index is 0.840. The van der Waals surface area contributed by atoms with Crippen LogP contribution in [-0.4, -0.2) is 0 Å². The lowest BCUT2D eigenvalue weighted by atomic mass is 9.85. The first-order valence-electron chi connectivity index (χ1n) is 18.0. The third-order valence-corrected chi connectivity index (χ3v) is 11.1. The van der Waals surface area contributed by atoms with Crippen LogP contribution in [-0.2, 0) is 0 Å². The molecule has 0 amide bonds. The lowest BCUT2D eigenvalue weighted by Gasteiger charge is -2.18. The van der Waals surface area contributed by atoms with Crippen LogP contribution in [0.3, 0.4) is 0 Å². The van der Waals surface area contributed by atoms with E-state index in [0.29, 0.717) is 0 Å². The van der Waals surface area contributed by atoms with Crippen molar-refractivity contribution in [3.05, 3.63) is 170 Å². The molecule has 246 valence electrons. The summed E-state index contributed by atoms with van der Waals surface area (Å²) in [5.74, 6) is 0. The van der Waals surface area contributed by atoms with Gasteiger partial charge in [-0.1, -0.05) is 133 Å². The number of rotatable bonds is 3. The van der Waals surface area contributed by atoms with Crippen molar-refractivity contribution in [1.29, 1.82) is 0 Å². The Kier molecular flexibility index (Phi) is 5.77. The molecular formula is C50H28O3. The summed E-state index contributed by atoms with van der Waals surface area (Å²) in [4.78, 5) is 0. The average molecular weight is 677 g/mol. The van der Waals surface area contributed by atoms with Gasteiger partial charge in [-0.2, -0.15) is 0 Å². The molecule has 53 heavy (non-hydrogen) atoms. The molecule has 0 spiro atoms. The standard InChI is InChI=1S/C50H28O3/c1-3-15-36-34(13-1)46(30-23-21-29(22-24-30)31-25-26-45-39(27-31)32-11-5-8-18-42(32)51-45)35-14-2-4-16-37(35)47(36)41-28-40-33-12-6-9-19-43(33)52-49(40)48-38-17-7-10-20-44(38)53-50(41)48/h1-28H. The van der Waals surface area contributed by atoms with E-state index in [1.807, 2.05) is 36.4 Å². The van der Waals surface area contributed by atoms with Crippen LogP contribution in [0.15, 0.2) is 183 Å². The Hall–Kier alpha value is -7.10. The smallest absolute Gasteiger partial charge is 0.147 e. The van der Waals surface area contributed by atoms with Gasteiger partial charge in [-0.05, 0) is 80.2 Å². The highest BCUT2D eigenvalue weighted by atomic mass is 16.3. The van der Waals surface area contributed by atoms with Gasteiger partial charge in [-0.25, -0.2) is 0 Å². The fourth-order valence-electron chi connectivity index (χ4n) is 8.72. The van der Waals surface area contributed by atoms with Crippen molar-refractivity contribution in [3.8, 4) is 33.4 Å². The Bertz CT molecular complexity index is 3390. The summed E-state index contributed by atoms with van der Waals surface area (Å²) in [6, 6.07) is 60.2. The molecule has 12 rings (SSSR count). The number of fused-ring (bicyclic) bond motifs is 12. The van der Waals surface area contributed by atoms with Crippen molar-refractivity contribution in [2.75, 3.05) is 0 Å². The molecule has 0 saturated heterocycles. The van der Waals surface area contributed by atoms with E-state index in [1.165, 1.54) is 38.2 Å². The van der Waals surface area contributed by atoms with E-state index in [2.05, 4.69) is 133 Å². The van der Waals surface area contributed by atoms with Gasteiger partial charge in [0.2, 0.25) is 0 Å². The van der Waals surface area contributed by atoms with Gasteiger partial charge in [0.15, 0.2) is 0 Å². The topological polar surface area (TPSA) is 39.4 Å². The minimum absolute atomic E-state index is 0.840. The van der Waals surface area contributed by atoms with Crippen molar-refractivity contribution < 1.29 is 13.3 Å². The summed E-state index contributed by atoms with van der Waals surface area (Å²) in [7, 11) is 0. The van der Waals surface area contributed by atoms with Gasteiger partial charge in [0.05, 0.1) is 5.39 Å². The molecule has 3 heterocycles. The molecule has 0 bridgehead atoms. The maximum Gasteiger partial charge on any atom is 0.147 e. The summed E-state index contributed by atoms with van der Waals surface area (Å²) in [6.45, 7) is 0. The van der Waals surface area contributed by atoms with Crippen LogP contribution in [0.1, 0.15) is 0 Å². The predicted octanol–water partition coefficient (Wildman–Crippen LogP) is 14.7. The molecule has 0 fully saturated rings. The van der Waals surface area contributed by atoms with E-state index in [-0.39, 0.29) is 0 Å². The number of hydrogen-bond donors (Lipinski definition) is 0. The second kappa shape index (κ2) is 10.7. The third-order valence-electron chi connectivity index (χ3n) is 11.1. The zero-order chi connectivity index (χ0) is 34.6. The molecule has 0 N–H and O–H groups in total. The summed E-state index contributed by atoms with van der Waals surface area (Å²) in [5, 5.41) is 11.3. The first-order chi connectivity index (χ1) is 26.3. The highest BCUT2D eigenvalue weighted by Gasteiger charge is 2.24. The average Bonchev–Trinajstić information content (AvgIpc) is 3.91. The number of hydrogen-bond acceptors (Lipinski definition) is 3. The fraction of sp³-hybridized carbons (Fsp3) is 0. The van der Waals surface area contributed by atoms with Crippen LogP contribution in [0.5, 0.6) is 0 Å². The number of para-hydroxylation sites is 3. The zero-order valence-electron chi connectivity index (χ0n) is 28.4. The molecule has 12 aromatic rings.